The number of amides is 3. The van der Waals surface area contributed by atoms with Crippen LogP contribution in [0, 0.1) is 12.7 Å². The maximum atomic E-state index is 13.5. The van der Waals surface area contributed by atoms with Gasteiger partial charge in [0.25, 0.3) is 0 Å². The fourth-order valence-corrected chi connectivity index (χ4v) is 3.98. The number of hydrogen-bond acceptors (Lipinski definition) is 4. The first-order chi connectivity index (χ1) is 14.9. The molecule has 1 aliphatic heterocycles. The predicted molar refractivity (Wildman–Crippen MR) is 114 cm³/mol. The van der Waals surface area contributed by atoms with Crippen molar-refractivity contribution in [1.29, 1.82) is 0 Å². The van der Waals surface area contributed by atoms with Crippen molar-refractivity contribution in [2.24, 2.45) is 0 Å². The topological polar surface area (TPSA) is 75.7 Å². The fourth-order valence-electron chi connectivity index (χ4n) is 3.98. The molecular formula is C24H27FN2O4. The Labute approximate surface area is 181 Å². The Morgan fingerprint density at radius 1 is 1.19 bits per heavy atom. The van der Waals surface area contributed by atoms with Gasteiger partial charge in [-0.05, 0) is 42.2 Å². The highest BCUT2D eigenvalue weighted by molar-refractivity contribution is 6.10. The van der Waals surface area contributed by atoms with Gasteiger partial charge in [-0.2, -0.15) is 0 Å². The SMILES string of the molecule is COCCCN1C(=O)CC(CC(=O)NCc2cc(F)ccc2C)(c2ccccc2)C1=O. The molecule has 164 valence electrons. The van der Waals surface area contributed by atoms with Crippen LogP contribution in [0.3, 0.4) is 0 Å². The lowest BCUT2D eigenvalue weighted by atomic mass is 9.75. The molecule has 6 nitrogen and oxygen atoms in total. The fraction of sp³-hybridized carbons (Fsp3) is 0.375. The van der Waals surface area contributed by atoms with Gasteiger partial charge < -0.3 is 10.1 Å². The summed E-state index contributed by atoms with van der Waals surface area (Å²) in [6, 6.07) is 13.3. The molecule has 7 heteroatoms. The van der Waals surface area contributed by atoms with E-state index >= 15 is 0 Å². The van der Waals surface area contributed by atoms with E-state index in [1.165, 1.54) is 17.0 Å². The summed E-state index contributed by atoms with van der Waals surface area (Å²) in [4.78, 5) is 40.2. The summed E-state index contributed by atoms with van der Waals surface area (Å²) in [7, 11) is 1.56. The van der Waals surface area contributed by atoms with E-state index in [4.69, 9.17) is 4.74 Å². The maximum Gasteiger partial charge on any atom is 0.240 e. The minimum atomic E-state index is -1.24. The molecule has 0 bridgehead atoms. The molecule has 2 aromatic rings. The molecule has 0 saturated carbocycles. The predicted octanol–water partition coefficient (Wildman–Crippen LogP) is 2.87. The van der Waals surface area contributed by atoms with Gasteiger partial charge >= 0.3 is 0 Å². The molecule has 0 aromatic heterocycles. The van der Waals surface area contributed by atoms with Crippen molar-refractivity contribution >= 4 is 17.7 Å². The first-order valence-electron chi connectivity index (χ1n) is 10.3. The average Bonchev–Trinajstić information content (AvgIpc) is 3.00. The van der Waals surface area contributed by atoms with Crippen molar-refractivity contribution in [3.8, 4) is 0 Å². The van der Waals surface area contributed by atoms with Gasteiger partial charge in [-0.25, -0.2) is 4.39 Å². The summed E-state index contributed by atoms with van der Waals surface area (Å²) in [5.74, 6) is -1.40. The molecule has 3 rings (SSSR count). The highest BCUT2D eigenvalue weighted by Gasteiger charge is 2.53. The van der Waals surface area contributed by atoms with Crippen molar-refractivity contribution in [3.05, 3.63) is 71.0 Å². The Hall–Kier alpha value is -3.06. The number of benzene rings is 2. The van der Waals surface area contributed by atoms with Gasteiger partial charge in [-0.1, -0.05) is 36.4 Å². The van der Waals surface area contributed by atoms with Gasteiger partial charge in [0.15, 0.2) is 0 Å². The number of halogens is 1. The smallest absolute Gasteiger partial charge is 0.240 e. The summed E-state index contributed by atoms with van der Waals surface area (Å²) in [6.45, 7) is 2.67. The molecule has 3 amide bonds. The van der Waals surface area contributed by atoms with Crippen molar-refractivity contribution < 1.29 is 23.5 Å². The third kappa shape index (κ3) is 4.99. The molecule has 1 atom stereocenters. The number of imide groups is 1. The van der Waals surface area contributed by atoms with Crippen LogP contribution in [0.1, 0.15) is 36.0 Å². The van der Waals surface area contributed by atoms with Crippen LogP contribution in [0.4, 0.5) is 4.39 Å². The summed E-state index contributed by atoms with van der Waals surface area (Å²) in [5, 5.41) is 2.78. The van der Waals surface area contributed by atoms with Crippen LogP contribution in [0.5, 0.6) is 0 Å². The Morgan fingerprint density at radius 2 is 1.94 bits per heavy atom. The number of hydrogen-bond donors (Lipinski definition) is 1. The van der Waals surface area contributed by atoms with E-state index in [1.54, 1.807) is 37.4 Å². The second kappa shape index (κ2) is 9.83. The lowest BCUT2D eigenvalue weighted by Crippen LogP contribution is -2.42. The lowest BCUT2D eigenvalue weighted by Gasteiger charge is -2.27. The van der Waals surface area contributed by atoms with E-state index in [0.29, 0.717) is 24.2 Å². The molecule has 1 saturated heterocycles. The number of ether oxygens (including phenoxy) is 1. The van der Waals surface area contributed by atoms with Crippen LogP contribution in [0.15, 0.2) is 48.5 Å². The third-order valence-corrected chi connectivity index (χ3v) is 5.71. The van der Waals surface area contributed by atoms with Crippen molar-refractivity contribution in [1.82, 2.24) is 10.2 Å². The largest absolute Gasteiger partial charge is 0.385 e. The number of carbonyl (C=O) groups excluding carboxylic acids is 3. The van der Waals surface area contributed by atoms with Crippen LogP contribution in [0.25, 0.3) is 0 Å². The number of carbonyl (C=O) groups is 3. The lowest BCUT2D eigenvalue weighted by molar-refractivity contribution is -0.141. The molecule has 0 aliphatic carbocycles. The summed E-state index contributed by atoms with van der Waals surface area (Å²) < 4.78 is 18.6. The average molecular weight is 426 g/mol. The zero-order valence-electron chi connectivity index (χ0n) is 17.8. The van der Waals surface area contributed by atoms with Crippen molar-refractivity contribution in [2.45, 2.75) is 38.1 Å². The summed E-state index contributed by atoms with van der Waals surface area (Å²) >= 11 is 0. The van der Waals surface area contributed by atoms with Gasteiger partial charge in [-0.15, -0.1) is 0 Å². The van der Waals surface area contributed by atoms with E-state index in [0.717, 1.165) is 5.56 Å². The van der Waals surface area contributed by atoms with Crippen LogP contribution < -0.4 is 5.32 Å². The standard InChI is InChI=1S/C24H27FN2O4/c1-17-9-10-20(25)13-18(17)16-26-21(28)14-24(19-7-4-3-5-8-19)15-22(29)27(23(24)30)11-6-12-31-2/h3-5,7-10,13H,6,11-12,14-16H2,1-2H3,(H,26,28). The number of likely N-dealkylation sites (tertiary alicyclic amines) is 1. The number of rotatable bonds is 9. The molecular weight excluding hydrogens is 399 g/mol. The van der Waals surface area contributed by atoms with E-state index in [1.807, 2.05) is 13.0 Å². The van der Waals surface area contributed by atoms with Gasteiger partial charge in [0.2, 0.25) is 17.7 Å². The highest BCUT2D eigenvalue weighted by atomic mass is 19.1. The molecule has 1 heterocycles. The molecule has 1 unspecified atom stereocenters. The molecule has 1 N–H and O–H groups in total. The van der Waals surface area contributed by atoms with E-state index in [-0.39, 0.29) is 49.5 Å². The minimum absolute atomic E-state index is 0.0603. The monoisotopic (exact) mass is 426 g/mol. The van der Waals surface area contributed by atoms with Crippen molar-refractivity contribution in [3.63, 3.8) is 0 Å². The van der Waals surface area contributed by atoms with Crippen LogP contribution in [-0.4, -0.2) is 42.9 Å². The molecule has 31 heavy (non-hydrogen) atoms. The minimum Gasteiger partial charge on any atom is -0.385 e. The number of nitrogens with one attached hydrogen (secondary N) is 1. The first kappa shape index (κ1) is 22.6. The van der Waals surface area contributed by atoms with E-state index < -0.39 is 5.41 Å². The Kier molecular flexibility index (Phi) is 7.17. The summed E-state index contributed by atoms with van der Waals surface area (Å²) in [5.41, 5.74) is 0.916. The van der Waals surface area contributed by atoms with Crippen LogP contribution in [0.2, 0.25) is 0 Å². The zero-order chi connectivity index (χ0) is 22.4. The van der Waals surface area contributed by atoms with Gasteiger partial charge in [-0.3, -0.25) is 19.3 Å². The molecule has 0 radical (unpaired) electrons. The molecule has 1 aliphatic rings. The van der Waals surface area contributed by atoms with E-state index in [9.17, 15) is 18.8 Å². The Balaban J connectivity index is 1.80. The van der Waals surface area contributed by atoms with E-state index in [2.05, 4.69) is 5.32 Å². The quantitative estimate of drug-likeness (QED) is 0.494. The number of nitrogens with zero attached hydrogens (tertiary/aromatic N) is 1. The number of methoxy groups -OCH3 is 1. The second-order valence-corrected chi connectivity index (χ2v) is 7.85. The first-order valence-corrected chi connectivity index (χ1v) is 10.3. The maximum absolute atomic E-state index is 13.5. The zero-order valence-corrected chi connectivity index (χ0v) is 17.8. The van der Waals surface area contributed by atoms with Crippen molar-refractivity contribution in [2.75, 3.05) is 20.3 Å². The van der Waals surface area contributed by atoms with Gasteiger partial charge in [0, 0.05) is 39.6 Å². The second-order valence-electron chi connectivity index (χ2n) is 7.85. The third-order valence-electron chi connectivity index (χ3n) is 5.71. The van der Waals surface area contributed by atoms with Crippen LogP contribution >= 0.6 is 0 Å². The van der Waals surface area contributed by atoms with Crippen LogP contribution in [-0.2, 0) is 31.1 Å². The molecule has 1 fully saturated rings. The normalized spacial score (nSPS) is 18.5. The molecule has 2 aromatic carbocycles. The Bertz CT molecular complexity index is 963. The van der Waals surface area contributed by atoms with Gasteiger partial charge in [0.1, 0.15) is 5.82 Å². The Morgan fingerprint density at radius 3 is 2.65 bits per heavy atom. The molecule has 0 spiro atoms. The summed E-state index contributed by atoms with van der Waals surface area (Å²) in [6.07, 6.45) is 0.315. The number of aryl methyl sites for hydroxylation is 1. The highest BCUT2D eigenvalue weighted by Crippen LogP contribution is 2.39. The van der Waals surface area contributed by atoms with Gasteiger partial charge in [0.05, 0.1) is 5.41 Å².